The topological polar surface area (TPSA) is 86.0 Å². The van der Waals surface area contributed by atoms with E-state index in [0.29, 0.717) is 0 Å². The van der Waals surface area contributed by atoms with Gasteiger partial charge >= 0.3 is 5.97 Å². The van der Waals surface area contributed by atoms with Gasteiger partial charge in [-0.15, -0.1) is 12.4 Å². The molecule has 0 unspecified atom stereocenters. The first-order valence-electron chi connectivity index (χ1n) is 7.82. The van der Waals surface area contributed by atoms with Crippen LogP contribution < -0.4 is 10.3 Å². The van der Waals surface area contributed by atoms with Crippen LogP contribution in [0, 0.1) is 11.6 Å². The maximum absolute atomic E-state index is 15.1. The lowest BCUT2D eigenvalue weighted by atomic mass is 10.1. The van der Waals surface area contributed by atoms with E-state index in [1.807, 2.05) is 0 Å². The highest BCUT2D eigenvalue weighted by atomic mass is 35.5. The van der Waals surface area contributed by atoms with Crippen LogP contribution >= 0.6 is 12.4 Å². The Bertz CT molecular complexity index is 911. The Morgan fingerprint density at radius 1 is 1.23 bits per heavy atom. The molecule has 0 amide bonds. The van der Waals surface area contributed by atoms with Crippen molar-refractivity contribution in [2.24, 2.45) is 0 Å². The van der Waals surface area contributed by atoms with Crippen LogP contribution in [0.4, 0.5) is 14.5 Å². The lowest BCUT2D eigenvalue weighted by molar-refractivity contribution is -0.0936. The number of aryl methyl sites for hydroxylation is 1. The Labute approximate surface area is 153 Å². The van der Waals surface area contributed by atoms with Crippen molar-refractivity contribution in [1.82, 2.24) is 9.63 Å². The normalized spacial score (nSPS) is 15.2. The van der Waals surface area contributed by atoms with Crippen LogP contribution in [0.2, 0.25) is 0 Å². The Kier molecular flexibility index (Phi) is 5.84. The van der Waals surface area contributed by atoms with E-state index >= 15 is 4.39 Å². The summed E-state index contributed by atoms with van der Waals surface area (Å²) >= 11 is 0. The molecule has 1 fully saturated rings. The number of fused-ring (bicyclic) bond motifs is 1. The molecule has 1 aromatic carbocycles. The van der Waals surface area contributed by atoms with Crippen molar-refractivity contribution in [3.8, 4) is 0 Å². The molecule has 7 nitrogen and oxygen atoms in total. The number of carboxylic acids is 1. The predicted octanol–water partition coefficient (Wildman–Crippen LogP) is 1.93. The molecule has 26 heavy (non-hydrogen) atoms. The van der Waals surface area contributed by atoms with E-state index in [1.54, 1.807) is 6.92 Å². The summed E-state index contributed by atoms with van der Waals surface area (Å²) in [4.78, 5) is 25.0. The van der Waals surface area contributed by atoms with Gasteiger partial charge in [-0.3, -0.25) is 4.79 Å². The average molecular weight is 390 g/mol. The molecule has 0 saturated carbocycles. The van der Waals surface area contributed by atoms with Gasteiger partial charge in [-0.25, -0.2) is 13.6 Å². The third-order valence-corrected chi connectivity index (χ3v) is 4.37. The number of carbonyl (C=O) groups is 1. The average Bonchev–Trinajstić information content (AvgIpc) is 2.57. The zero-order chi connectivity index (χ0) is 18.3. The summed E-state index contributed by atoms with van der Waals surface area (Å²) in [6, 6.07) is 0.889. The number of hydrogen-bond donors (Lipinski definition) is 2. The van der Waals surface area contributed by atoms with Gasteiger partial charge < -0.3 is 19.8 Å². The molecule has 2 N–H and O–H groups in total. The Hall–Kier alpha value is -2.23. The third kappa shape index (κ3) is 3.25. The largest absolute Gasteiger partial charge is 0.477 e. The predicted molar refractivity (Wildman–Crippen MR) is 93.6 cm³/mol. The molecule has 2 heterocycles. The summed E-state index contributed by atoms with van der Waals surface area (Å²) in [5.74, 6) is -3.28. The molecule has 10 heteroatoms. The number of hydrogen-bond acceptors (Lipinski definition) is 5. The van der Waals surface area contributed by atoms with Gasteiger partial charge in [0.15, 0.2) is 5.82 Å². The molecule has 142 valence electrons. The van der Waals surface area contributed by atoms with E-state index in [9.17, 15) is 19.2 Å². The lowest BCUT2D eigenvalue weighted by Crippen LogP contribution is -2.45. The first kappa shape index (κ1) is 20.1. The summed E-state index contributed by atoms with van der Waals surface area (Å²) < 4.78 is 31.0. The van der Waals surface area contributed by atoms with Crippen molar-refractivity contribution < 1.29 is 23.9 Å². The fraction of sp³-hybridized carbons (Fsp3) is 0.375. The van der Waals surface area contributed by atoms with Crippen molar-refractivity contribution >= 4 is 35.0 Å². The number of aromatic nitrogens is 1. The monoisotopic (exact) mass is 389 g/mol. The van der Waals surface area contributed by atoms with E-state index in [1.165, 1.54) is 9.47 Å². The minimum Gasteiger partial charge on any atom is -0.477 e. The van der Waals surface area contributed by atoms with E-state index in [-0.39, 0.29) is 61.7 Å². The van der Waals surface area contributed by atoms with Crippen molar-refractivity contribution in [3.05, 3.63) is 39.7 Å². The zero-order valence-corrected chi connectivity index (χ0v) is 14.7. The van der Waals surface area contributed by atoms with Crippen LogP contribution in [0.3, 0.4) is 0 Å². The minimum atomic E-state index is -1.45. The van der Waals surface area contributed by atoms with Gasteiger partial charge in [0.2, 0.25) is 5.43 Å². The number of halogens is 3. The number of benzene rings is 1. The highest BCUT2D eigenvalue weighted by Gasteiger charge is 2.26. The standard InChI is InChI=1S/C16H17F2N3O4.ClH/c1-2-19-8-10(16(23)24)15(22)9-7-11(17)14(12(18)13(9)19)20-3-5-21(25)6-4-20;/h7-8,25H,2-6H2,1H3,(H,23,24);1H. The second-order valence-corrected chi connectivity index (χ2v) is 5.82. The molecule has 1 aromatic heterocycles. The summed E-state index contributed by atoms with van der Waals surface area (Å²) in [5.41, 5.74) is -1.85. The summed E-state index contributed by atoms with van der Waals surface area (Å²) in [6.07, 6.45) is 1.07. The quantitative estimate of drug-likeness (QED) is 0.834. The molecule has 2 aromatic rings. The number of hydroxylamine groups is 2. The Morgan fingerprint density at radius 2 is 1.85 bits per heavy atom. The number of piperazine rings is 1. The first-order valence-corrected chi connectivity index (χ1v) is 7.82. The summed E-state index contributed by atoms with van der Waals surface area (Å²) in [7, 11) is 0. The van der Waals surface area contributed by atoms with Gasteiger partial charge in [0.25, 0.3) is 0 Å². The second-order valence-electron chi connectivity index (χ2n) is 5.82. The van der Waals surface area contributed by atoms with Crippen molar-refractivity contribution in [1.29, 1.82) is 0 Å². The first-order chi connectivity index (χ1) is 11.8. The van der Waals surface area contributed by atoms with E-state index in [0.717, 1.165) is 17.3 Å². The molecule has 0 atom stereocenters. The molecular weight excluding hydrogens is 372 g/mol. The SMILES string of the molecule is CCn1cc(C(=O)O)c(=O)c2cc(F)c(N3CCN(O)CC3)c(F)c21.Cl. The maximum Gasteiger partial charge on any atom is 0.341 e. The van der Waals surface area contributed by atoms with Gasteiger partial charge in [0.1, 0.15) is 17.1 Å². The molecule has 3 rings (SSSR count). The van der Waals surface area contributed by atoms with Gasteiger partial charge in [-0.05, 0) is 13.0 Å². The Balaban J connectivity index is 0.00000243. The zero-order valence-electron chi connectivity index (χ0n) is 13.9. The van der Waals surface area contributed by atoms with Crippen LogP contribution in [-0.4, -0.2) is 52.1 Å². The van der Waals surface area contributed by atoms with Crippen LogP contribution in [-0.2, 0) is 6.54 Å². The smallest absolute Gasteiger partial charge is 0.341 e. The van der Waals surface area contributed by atoms with E-state index < -0.39 is 28.6 Å². The van der Waals surface area contributed by atoms with Gasteiger partial charge in [0.05, 0.1) is 10.9 Å². The number of aromatic carboxylic acids is 1. The van der Waals surface area contributed by atoms with Crippen LogP contribution in [0.5, 0.6) is 0 Å². The van der Waals surface area contributed by atoms with E-state index in [4.69, 9.17) is 5.11 Å². The van der Waals surface area contributed by atoms with Crippen molar-refractivity contribution in [3.63, 3.8) is 0 Å². The number of anilines is 1. The summed E-state index contributed by atoms with van der Waals surface area (Å²) in [5, 5.41) is 19.3. The van der Waals surface area contributed by atoms with Crippen LogP contribution in [0.1, 0.15) is 17.3 Å². The number of rotatable bonds is 3. The highest BCUT2D eigenvalue weighted by molar-refractivity contribution is 5.93. The van der Waals surface area contributed by atoms with Crippen molar-refractivity contribution in [2.75, 3.05) is 31.1 Å². The maximum atomic E-state index is 15.1. The molecular formula is C16H18ClF2N3O4. The number of pyridine rings is 1. The molecule has 0 radical (unpaired) electrons. The molecule has 1 aliphatic heterocycles. The molecule has 0 aliphatic carbocycles. The molecule has 1 aliphatic rings. The van der Waals surface area contributed by atoms with Gasteiger partial charge in [0, 0.05) is 38.9 Å². The molecule has 0 bridgehead atoms. The highest BCUT2D eigenvalue weighted by Crippen LogP contribution is 2.30. The Morgan fingerprint density at radius 3 is 2.38 bits per heavy atom. The van der Waals surface area contributed by atoms with Crippen LogP contribution in [0.15, 0.2) is 17.1 Å². The second kappa shape index (κ2) is 7.56. The summed E-state index contributed by atoms with van der Waals surface area (Å²) in [6.45, 7) is 2.79. The van der Waals surface area contributed by atoms with Gasteiger partial charge in [-0.2, -0.15) is 5.06 Å². The molecule has 1 saturated heterocycles. The number of nitrogens with zero attached hydrogens (tertiary/aromatic N) is 3. The van der Waals surface area contributed by atoms with Crippen molar-refractivity contribution in [2.45, 2.75) is 13.5 Å². The number of carboxylic acid groups (broad SMARTS) is 1. The third-order valence-electron chi connectivity index (χ3n) is 4.37. The minimum absolute atomic E-state index is 0. The molecule has 0 spiro atoms. The van der Waals surface area contributed by atoms with Crippen LogP contribution in [0.25, 0.3) is 10.9 Å². The fourth-order valence-corrected chi connectivity index (χ4v) is 3.09. The van der Waals surface area contributed by atoms with Gasteiger partial charge in [-0.1, -0.05) is 0 Å². The lowest BCUT2D eigenvalue weighted by Gasteiger charge is -2.33. The van der Waals surface area contributed by atoms with E-state index in [2.05, 4.69) is 0 Å². The fourth-order valence-electron chi connectivity index (χ4n) is 3.09.